The fourth-order valence-corrected chi connectivity index (χ4v) is 3.30. The van der Waals surface area contributed by atoms with Gasteiger partial charge < -0.3 is 5.32 Å². The molecule has 1 N–H and O–H groups in total. The van der Waals surface area contributed by atoms with Crippen LogP contribution in [0.15, 0.2) is 29.7 Å². The molecule has 1 saturated carbocycles. The fraction of sp³-hybridized carbons (Fsp3) is 0.500. The molecule has 0 aliphatic heterocycles. The van der Waals surface area contributed by atoms with Crippen molar-refractivity contribution in [1.82, 2.24) is 25.1 Å². The van der Waals surface area contributed by atoms with Gasteiger partial charge in [0.2, 0.25) is 5.91 Å². The number of nitrogens with zero attached hydrogens (tertiary/aromatic N) is 5. The Morgan fingerprint density at radius 2 is 2.12 bits per heavy atom. The van der Waals surface area contributed by atoms with E-state index < -0.39 is 5.54 Å². The predicted octanol–water partition coefficient (Wildman–Crippen LogP) is 2.82. The van der Waals surface area contributed by atoms with Gasteiger partial charge in [-0.15, -0.1) is 10.2 Å². The van der Waals surface area contributed by atoms with Gasteiger partial charge >= 0.3 is 0 Å². The third-order valence-electron chi connectivity index (χ3n) is 4.63. The van der Waals surface area contributed by atoms with Gasteiger partial charge in [0.15, 0.2) is 11.0 Å². The molecule has 7 nitrogen and oxygen atoms in total. The number of nitriles is 1. The number of carbonyl (C=O) groups excluding carboxylic acids is 1. The Bertz CT molecular complexity index is 824. The highest BCUT2D eigenvalue weighted by Crippen LogP contribution is 2.40. The van der Waals surface area contributed by atoms with Crippen LogP contribution in [0.4, 0.5) is 0 Å². The van der Waals surface area contributed by atoms with Gasteiger partial charge in [0.05, 0.1) is 11.8 Å². The van der Waals surface area contributed by atoms with Crippen LogP contribution < -0.4 is 5.32 Å². The first-order valence-corrected chi connectivity index (χ1v) is 9.63. The Kier molecular flexibility index (Phi) is 5.28. The second kappa shape index (κ2) is 7.46. The summed E-state index contributed by atoms with van der Waals surface area (Å²) in [5, 5.41) is 21.5. The van der Waals surface area contributed by atoms with Gasteiger partial charge in [-0.1, -0.05) is 25.6 Å². The Morgan fingerprint density at radius 1 is 1.42 bits per heavy atom. The Morgan fingerprint density at radius 3 is 2.69 bits per heavy atom. The molecule has 2 aromatic heterocycles. The van der Waals surface area contributed by atoms with Crippen molar-refractivity contribution in [3.05, 3.63) is 24.5 Å². The number of pyridine rings is 1. The van der Waals surface area contributed by atoms with E-state index in [9.17, 15) is 10.1 Å². The van der Waals surface area contributed by atoms with E-state index in [4.69, 9.17) is 0 Å². The van der Waals surface area contributed by atoms with Crippen molar-refractivity contribution in [3.8, 4) is 17.5 Å². The lowest BCUT2D eigenvalue weighted by Crippen LogP contribution is -2.49. The van der Waals surface area contributed by atoms with E-state index >= 15 is 0 Å². The Labute approximate surface area is 157 Å². The third kappa shape index (κ3) is 3.88. The highest BCUT2D eigenvalue weighted by molar-refractivity contribution is 7.99. The molecular formula is C18H22N6OS. The summed E-state index contributed by atoms with van der Waals surface area (Å²) in [5.74, 6) is 0.853. The number of carbonyl (C=O) groups is 1. The second-order valence-corrected chi connectivity index (χ2v) is 7.89. The number of thioether (sulfide) groups is 1. The van der Waals surface area contributed by atoms with Gasteiger partial charge in [-0.3, -0.25) is 14.3 Å². The molecule has 0 radical (unpaired) electrons. The molecule has 0 unspecified atom stereocenters. The molecule has 26 heavy (non-hydrogen) atoms. The quantitative estimate of drug-likeness (QED) is 0.753. The summed E-state index contributed by atoms with van der Waals surface area (Å²) < 4.78 is 2.11. The largest absolute Gasteiger partial charge is 0.337 e. The lowest BCUT2D eigenvalue weighted by molar-refractivity contribution is -0.120. The average molecular weight is 370 g/mol. The van der Waals surface area contributed by atoms with Crippen LogP contribution >= 0.6 is 11.8 Å². The normalized spacial score (nSPS) is 16.1. The topological polar surface area (TPSA) is 96.5 Å². The maximum absolute atomic E-state index is 12.3. The monoisotopic (exact) mass is 370 g/mol. The molecule has 1 atom stereocenters. The van der Waals surface area contributed by atoms with Gasteiger partial charge in [-0.05, 0) is 37.8 Å². The molecular weight excluding hydrogens is 348 g/mol. The van der Waals surface area contributed by atoms with E-state index in [-0.39, 0.29) is 17.6 Å². The molecule has 1 aliphatic carbocycles. The van der Waals surface area contributed by atoms with Gasteiger partial charge in [-0.25, -0.2) is 0 Å². The van der Waals surface area contributed by atoms with Gasteiger partial charge in [0.25, 0.3) is 0 Å². The standard InChI is InChI=1S/C18H22N6OS/c1-12(2)18(3,11-19)21-15(25)10-26-17-23-22-16(24(17)14-4-5-14)13-6-8-20-9-7-13/h6-9,12,14H,4-5,10H2,1-3H3,(H,21,25)/t18-/m1/s1. The summed E-state index contributed by atoms with van der Waals surface area (Å²) in [5.41, 5.74) is 0.0943. The number of aromatic nitrogens is 4. The van der Waals surface area contributed by atoms with Crippen molar-refractivity contribution in [2.45, 2.75) is 50.4 Å². The lowest BCUT2D eigenvalue weighted by atomic mass is 9.90. The molecule has 2 aromatic rings. The van der Waals surface area contributed by atoms with Gasteiger partial charge in [0, 0.05) is 24.0 Å². The highest BCUT2D eigenvalue weighted by atomic mass is 32.2. The van der Waals surface area contributed by atoms with E-state index in [0.717, 1.165) is 29.4 Å². The van der Waals surface area contributed by atoms with E-state index in [1.54, 1.807) is 19.3 Å². The molecule has 8 heteroatoms. The van der Waals surface area contributed by atoms with E-state index in [2.05, 4.69) is 31.1 Å². The van der Waals surface area contributed by atoms with Gasteiger partial charge in [-0.2, -0.15) is 5.26 Å². The molecule has 0 spiro atoms. The highest BCUT2D eigenvalue weighted by Gasteiger charge is 2.32. The van der Waals surface area contributed by atoms with E-state index in [1.807, 2.05) is 26.0 Å². The number of nitrogens with one attached hydrogen (secondary N) is 1. The average Bonchev–Trinajstić information content (AvgIpc) is 3.39. The fourth-order valence-electron chi connectivity index (χ4n) is 2.49. The molecule has 0 saturated heterocycles. The summed E-state index contributed by atoms with van der Waals surface area (Å²) in [4.78, 5) is 16.4. The van der Waals surface area contributed by atoms with Crippen LogP contribution in [-0.4, -0.2) is 36.9 Å². The van der Waals surface area contributed by atoms with Crippen LogP contribution in [0.5, 0.6) is 0 Å². The molecule has 2 heterocycles. The van der Waals surface area contributed by atoms with E-state index in [0.29, 0.717) is 6.04 Å². The minimum absolute atomic E-state index is 0.0230. The molecule has 1 aliphatic rings. The lowest BCUT2D eigenvalue weighted by Gasteiger charge is -2.27. The smallest absolute Gasteiger partial charge is 0.231 e. The molecule has 0 aromatic carbocycles. The number of hydrogen-bond acceptors (Lipinski definition) is 6. The Hall–Kier alpha value is -2.40. The first-order chi connectivity index (χ1) is 12.4. The van der Waals surface area contributed by atoms with Crippen molar-refractivity contribution in [1.29, 1.82) is 5.26 Å². The molecule has 3 rings (SSSR count). The Balaban J connectivity index is 1.72. The van der Waals surface area contributed by atoms with Crippen LogP contribution in [0.25, 0.3) is 11.4 Å². The SMILES string of the molecule is CC(C)[C@@](C)(C#N)NC(=O)CSc1nnc(-c2ccncc2)n1C1CC1. The summed E-state index contributed by atoms with van der Waals surface area (Å²) in [7, 11) is 0. The zero-order chi connectivity index (χ0) is 18.7. The predicted molar refractivity (Wildman–Crippen MR) is 99.2 cm³/mol. The maximum atomic E-state index is 12.3. The van der Waals surface area contributed by atoms with Crippen LogP contribution in [-0.2, 0) is 4.79 Å². The van der Waals surface area contributed by atoms with Crippen molar-refractivity contribution >= 4 is 17.7 Å². The zero-order valence-electron chi connectivity index (χ0n) is 15.1. The number of amides is 1. The van der Waals surface area contributed by atoms with Crippen LogP contribution in [0.3, 0.4) is 0 Å². The zero-order valence-corrected chi connectivity index (χ0v) is 16.0. The summed E-state index contributed by atoms with van der Waals surface area (Å²) in [6.45, 7) is 5.58. The first-order valence-electron chi connectivity index (χ1n) is 8.65. The van der Waals surface area contributed by atoms with Crippen molar-refractivity contribution in [3.63, 3.8) is 0 Å². The number of hydrogen-bond donors (Lipinski definition) is 1. The van der Waals surface area contributed by atoms with Crippen molar-refractivity contribution in [2.75, 3.05) is 5.75 Å². The van der Waals surface area contributed by atoms with Crippen molar-refractivity contribution in [2.24, 2.45) is 5.92 Å². The maximum Gasteiger partial charge on any atom is 0.231 e. The van der Waals surface area contributed by atoms with Gasteiger partial charge in [0.1, 0.15) is 5.54 Å². The summed E-state index contributed by atoms with van der Waals surface area (Å²) in [6.07, 6.45) is 5.65. The summed E-state index contributed by atoms with van der Waals surface area (Å²) in [6, 6.07) is 6.40. The third-order valence-corrected chi connectivity index (χ3v) is 5.58. The molecule has 0 bridgehead atoms. The minimum Gasteiger partial charge on any atom is -0.337 e. The molecule has 1 fully saturated rings. The second-order valence-electron chi connectivity index (χ2n) is 6.95. The van der Waals surface area contributed by atoms with Crippen LogP contribution in [0, 0.1) is 17.2 Å². The van der Waals surface area contributed by atoms with Crippen LogP contribution in [0.1, 0.15) is 39.7 Å². The minimum atomic E-state index is -0.871. The molecule has 136 valence electrons. The number of rotatable bonds is 7. The summed E-state index contributed by atoms with van der Waals surface area (Å²) >= 11 is 1.35. The van der Waals surface area contributed by atoms with Crippen LogP contribution in [0.2, 0.25) is 0 Å². The first kappa shape index (κ1) is 18.4. The molecule has 1 amide bonds. The van der Waals surface area contributed by atoms with Crippen molar-refractivity contribution < 1.29 is 4.79 Å². The van der Waals surface area contributed by atoms with E-state index in [1.165, 1.54) is 11.8 Å².